The van der Waals surface area contributed by atoms with Crippen molar-refractivity contribution in [1.82, 2.24) is 9.80 Å². The van der Waals surface area contributed by atoms with Crippen molar-refractivity contribution < 1.29 is 9.18 Å². The smallest absolute Gasteiger partial charge is 0.253 e. The van der Waals surface area contributed by atoms with E-state index in [9.17, 15) is 9.18 Å². The van der Waals surface area contributed by atoms with Crippen LogP contribution in [0.15, 0.2) is 24.3 Å². The van der Waals surface area contributed by atoms with Gasteiger partial charge in [0.25, 0.3) is 5.91 Å². The van der Waals surface area contributed by atoms with E-state index in [0.29, 0.717) is 29.6 Å². The highest BCUT2D eigenvalue weighted by atomic mass is 35.5. The summed E-state index contributed by atoms with van der Waals surface area (Å²) in [5, 5.41) is 0.620. The van der Waals surface area contributed by atoms with Gasteiger partial charge in [-0.05, 0) is 37.1 Å². The first-order valence-corrected chi connectivity index (χ1v) is 7.65. The predicted molar refractivity (Wildman–Crippen MR) is 83.5 cm³/mol. The van der Waals surface area contributed by atoms with Gasteiger partial charge in [0.1, 0.15) is 6.17 Å². The predicted octanol–water partition coefficient (Wildman–Crippen LogP) is 3.09. The van der Waals surface area contributed by atoms with E-state index < -0.39 is 6.17 Å². The molecule has 1 heterocycles. The van der Waals surface area contributed by atoms with Crippen LogP contribution in [-0.2, 0) is 0 Å². The van der Waals surface area contributed by atoms with E-state index in [0.717, 1.165) is 6.54 Å². The minimum absolute atomic E-state index is 0.0157. The second-order valence-electron chi connectivity index (χ2n) is 5.96. The van der Waals surface area contributed by atoms with Gasteiger partial charge in [-0.15, -0.1) is 0 Å². The third kappa shape index (κ3) is 3.95. The van der Waals surface area contributed by atoms with Crippen LogP contribution < -0.4 is 0 Å². The number of carbonyl (C=O) groups excluding carboxylic acids is 1. The molecule has 2 unspecified atom stereocenters. The summed E-state index contributed by atoms with van der Waals surface area (Å²) in [5.74, 6) is 0.275. The largest absolute Gasteiger partial charge is 0.339 e. The molecule has 2 rings (SSSR count). The van der Waals surface area contributed by atoms with Gasteiger partial charge in [0.05, 0.1) is 0 Å². The first kappa shape index (κ1) is 16.2. The van der Waals surface area contributed by atoms with Crippen LogP contribution in [0.2, 0.25) is 5.02 Å². The normalized spacial score (nSPS) is 18.9. The van der Waals surface area contributed by atoms with Crippen molar-refractivity contribution in [2.45, 2.75) is 26.1 Å². The summed E-state index contributed by atoms with van der Waals surface area (Å²) in [5.41, 5.74) is 0.633. The molecule has 1 aromatic carbocycles. The molecule has 1 aliphatic rings. The lowest BCUT2D eigenvalue weighted by Gasteiger charge is -2.39. The van der Waals surface area contributed by atoms with Gasteiger partial charge in [-0.25, -0.2) is 4.39 Å². The van der Waals surface area contributed by atoms with Crippen molar-refractivity contribution in [3.63, 3.8) is 0 Å². The SMILES string of the molecule is CC(CN1CC(F)C1)C(C)N(C)C(=O)c1ccc(Cl)cc1. The summed E-state index contributed by atoms with van der Waals surface area (Å²) in [7, 11) is 1.81. The number of benzene rings is 1. The van der Waals surface area contributed by atoms with Crippen molar-refractivity contribution in [2.75, 3.05) is 26.7 Å². The molecule has 0 N–H and O–H groups in total. The van der Waals surface area contributed by atoms with E-state index in [-0.39, 0.29) is 11.9 Å². The topological polar surface area (TPSA) is 23.6 Å². The summed E-state index contributed by atoms with van der Waals surface area (Å²) in [6.07, 6.45) is -0.680. The molecule has 116 valence electrons. The standard InChI is InChI=1S/C16H22ClFN2O/c1-11(8-20-9-15(18)10-20)12(2)19(3)16(21)13-4-6-14(17)7-5-13/h4-7,11-12,15H,8-10H2,1-3H3. The third-order valence-corrected chi connectivity index (χ3v) is 4.56. The minimum atomic E-state index is -0.680. The molecule has 0 saturated carbocycles. The Hall–Kier alpha value is -1.13. The lowest BCUT2D eigenvalue weighted by Crippen LogP contribution is -2.52. The Morgan fingerprint density at radius 1 is 1.38 bits per heavy atom. The monoisotopic (exact) mass is 312 g/mol. The van der Waals surface area contributed by atoms with E-state index in [2.05, 4.69) is 11.8 Å². The summed E-state index contributed by atoms with van der Waals surface area (Å²) in [6.45, 7) is 5.99. The number of alkyl halides is 1. The lowest BCUT2D eigenvalue weighted by molar-refractivity contribution is 0.0369. The molecule has 0 bridgehead atoms. The van der Waals surface area contributed by atoms with Gasteiger partial charge in [0.2, 0.25) is 0 Å². The molecule has 0 aliphatic carbocycles. The average Bonchev–Trinajstić information content (AvgIpc) is 2.44. The zero-order chi connectivity index (χ0) is 15.6. The first-order valence-electron chi connectivity index (χ1n) is 7.27. The molecule has 0 aromatic heterocycles. The molecule has 1 aliphatic heterocycles. The fourth-order valence-electron chi connectivity index (χ4n) is 2.58. The highest BCUT2D eigenvalue weighted by molar-refractivity contribution is 6.30. The van der Waals surface area contributed by atoms with Crippen LogP contribution >= 0.6 is 11.6 Å². The molecule has 1 saturated heterocycles. The van der Waals surface area contributed by atoms with Gasteiger partial charge in [-0.2, -0.15) is 0 Å². The van der Waals surface area contributed by atoms with Crippen molar-refractivity contribution in [1.29, 1.82) is 0 Å². The highest BCUT2D eigenvalue weighted by Crippen LogP contribution is 2.19. The van der Waals surface area contributed by atoms with Crippen LogP contribution in [0.1, 0.15) is 24.2 Å². The second kappa shape index (κ2) is 6.75. The zero-order valence-corrected chi connectivity index (χ0v) is 13.5. The number of rotatable bonds is 5. The van der Waals surface area contributed by atoms with Crippen molar-refractivity contribution >= 4 is 17.5 Å². The Bertz CT molecular complexity index is 488. The van der Waals surface area contributed by atoms with Gasteiger partial charge in [-0.1, -0.05) is 18.5 Å². The highest BCUT2D eigenvalue weighted by Gasteiger charge is 2.30. The maximum atomic E-state index is 12.8. The number of nitrogens with zero attached hydrogens (tertiary/aromatic N) is 2. The molecule has 21 heavy (non-hydrogen) atoms. The van der Waals surface area contributed by atoms with Crippen molar-refractivity contribution in [2.24, 2.45) is 5.92 Å². The van der Waals surface area contributed by atoms with Crippen LogP contribution in [0.5, 0.6) is 0 Å². The molecule has 1 fully saturated rings. The quantitative estimate of drug-likeness (QED) is 0.834. The molecule has 5 heteroatoms. The Labute approximate surface area is 130 Å². The number of carbonyl (C=O) groups is 1. The van der Waals surface area contributed by atoms with Crippen LogP contribution in [0.25, 0.3) is 0 Å². The van der Waals surface area contributed by atoms with Gasteiger partial charge >= 0.3 is 0 Å². The Morgan fingerprint density at radius 3 is 2.48 bits per heavy atom. The molecule has 0 radical (unpaired) electrons. The zero-order valence-electron chi connectivity index (χ0n) is 12.7. The molecule has 1 amide bonds. The van der Waals surface area contributed by atoms with Crippen molar-refractivity contribution in [3.05, 3.63) is 34.9 Å². The maximum absolute atomic E-state index is 12.8. The second-order valence-corrected chi connectivity index (χ2v) is 6.39. The molecule has 3 nitrogen and oxygen atoms in total. The number of hydrogen-bond donors (Lipinski definition) is 0. The Kier molecular flexibility index (Phi) is 5.22. The Balaban J connectivity index is 1.92. The molecular weight excluding hydrogens is 291 g/mol. The van der Waals surface area contributed by atoms with Gasteiger partial charge in [0, 0.05) is 43.3 Å². The fourth-order valence-corrected chi connectivity index (χ4v) is 2.70. The summed E-state index contributed by atoms with van der Waals surface area (Å²) >= 11 is 5.84. The van der Waals surface area contributed by atoms with E-state index in [1.165, 1.54) is 0 Å². The van der Waals surface area contributed by atoms with Crippen molar-refractivity contribution in [3.8, 4) is 0 Å². The van der Waals surface area contributed by atoms with Crippen LogP contribution in [0.4, 0.5) is 4.39 Å². The average molecular weight is 313 g/mol. The van der Waals surface area contributed by atoms with Gasteiger partial charge < -0.3 is 4.90 Å². The van der Waals surface area contributed by atoms with Crippen LogP contribution in [-0.4, -0.2) is 54.6 Å². The summed E-state index contributed by atoms with van der Waals surface area (Å²) in [4.78, 5) is 16.3. The molecular formula is C16H22ClFN2O. The van der Waals surface area contributed by atoms with Gasteiger partial charge in [0.15, 0.2) is 0 Å². The molecule has 2 atom stereocenters. The van der Waals surface area contributed by atoms with E-state index in [1.807, 2.05) is 14.0 Å². The maximum Gasteiger partial charge on any atom is 0.253 e. The van der Waals surface area contributed by atoms with Crippen LogP contribution in [0.3, 0.4) is 0 Å². The number of hydrogen-bond acceptors (Lipinski definition) is 2. The summed E-state index contributed by atoms with van der Waals surface area (Å²) in [6, 6.07) is 7.01. The fraction of sp³-hybridized carbons (Fsp3) is 0.562. The minimum Gasteiger partial charge on any atom is -0.339 e. The number of likely N-dealkylation sites (tertiary alicyclic amines) is 1. The first-order chi connectivity index (χ1) is 9.88. The van der Waals surface area contributed by atoms with E-state index in [1.54, 1.807) is 29.2 Å². The number of amides is 1. The molecule has 0 spiro atoms. The van der Waals surface area contributed by atoms with E-state index >= 15 is 0 Å². The van der Waals surface area contributed by atoms with Gasteiger partial charge in [-0.3, -0.25) is 9.69 Å². The van der Waals surface area contributed by atoms with Crippen LogP contribution in [0, 0.1) is 5.92 Å². The van der Waals surface area contributed by atoms with E-state index in [4.69, 9.17) is 11.6 Å². The lowest BCUT2D eigenvalue weighted by atomic mass is 9.99. The number of halogens is 2. The third-order valence-electron chi connectivity index (χ3n) is 4.30. The summed E-state index contributed by atoms with van der Waals surface area (Å²) < 4.78 is 12.8. The Morgan fingerprint density at radius 2 is 1.95 bits per heavy atom. The molecule has 1 aromatic rings.